The molecule has 0 saturated heterocycles. The minimum atomic E-state index is -4.54. The molecule has 0 bridgehead atoms. The molecule has 2 aromatic rings. The molecule has 0 unspecified atom stereocenters. The molecule has 0 atom stereocenters. The second-order valence-electron chi connectivity index (χ2n) is 5.73. The molecule has 0 heterocycles. The highest BCUT2D eigenvalue weighted by Crippen LogP contribution is 2.33. The van der Waals surface area contributed by atoms with Crippen LogP contribution >= 0.6 is 0 Å². The molecule has 2 rings (SSSR count). The van der Waals surface area contributed by atoms with Crippen molar-refractivity contribution in [1.82, 2.24) is 0 Å². The minimum absolute atomic E-state index is 0.0227. The summed E-state index contributed by atoms with van der Waals surface area (Å²) < 4.78 is 63.4. The highest BCUT2D eigenvalue weighted by atomic mass is 32.2. The quantitative estimate of drug-likeness (QED) is 0.872. The number of aryl methyl sites for hydroxylation is 1. The predicted molar refractivity (Wildman–Crippen MR) is 93.8 cm³/mol. The standard InChI is InChI=1S/C17H17F3N2O3S/c1-11-8-9-12(10-14(11)17(18,19)20)21-16(23)13-6-4-5-7-15(13)22(2)26(3,24)25/h4-10H,1-3H3,(H,21,23). The number of rotatable bonds is 4. The zero-order valence-corrected chi connectivity index (χ0v) is 15.1. The summed E-state index contributed by atoms with van der Waals surface area (Å²) in [5.41, 5.74) is -0.709. The molecule has 26 heavy (non-hydrogen) atoms. The van der Waals surface area contributed by atoms with Gasteiger partial charge in [-0.25, -0.2) is 8.42 Å². The smallest absolute Gasteiger partial charge is 0.322 e. The number of hydrogen-bond acceptors (Lipinski definition) is 3. The van der Waals surface area contributed by atoms with Crippen molar-refractivity contribution >= 4 is 27.3 Å². The van der Waals surface area contributed by atoms with E-state index in [1.54, 1.807) is 6.07 Å². The number of carbonyl (C=O) groups excluding carboxylic acids is 1. The van der Waals surface area contributed by atoms with Gasteiger partial charge < -0.3 is 5.32 Å². The first-order valence-corrected chi connectivity index (χ1v) is 9.28. The van der Waals surface area contributed by atoms with Crippen molar-refractivity contribution < 1.29 is 26.4 Å². The highest BCUT2D eigenvalue weighted by Gasteiger charge is 2.32. The maximum atomic E-state index is 13.0. The Balaban J connectivity index is 2.38. The van der Waals surface area contributed by atoms with Gasteiger partial charge in [-0.05, 0) is 36.8 Å². The van der Waals surface area contributed by atoms with Crippen molar-refractivity contribution in [3.05, 3.63) is 59.2 Å². The predicted octanol–water partition coefficient (Wildman–Crippen LogP) is 3.66. The Morgan fingerprint density at radius 3 is 2.31 bits per heavy atom. The molecule has 0 spiro atoms. The topological polar surface area (TPSA) is 66.5 Å². The Kier molecular flexibility index (Phi) is 5.31. The van der Waals surface area contributed by atoms with Crippen molar-refractivity contribution in [1.29, 1.82) is 0 Å². The van der Waals surface area contributed by atoms with Gasteiger partial charge in [0.15, 0.2) is 0 Å². The molecule has 0 aliphatic carbocycles. The highest BCUT2D eigenvalue weighted by molar-refractivity contribution is 7.92. The van der Waals surface area contributed by atoms with Gasteiger partial charge in [0.1, 0.15) is 0 Å². The number of amides is 1. The number of sulfonamides is 1. The van der Waals surface area contributed by atoms with Gasteiger partial charge in [-0.15, -0.1) is 0 Å². The molecule has 0 aromatic heterocycles. The van der Waals surface area contributed by atoms with Gasteiger partial charge in [0.25, 0.3) is 5.91 Å². The van der Waals surface area contributed by atoms with Gasteiger partial charge in [-0.1, -0.05) is 18.2 Å². The summed E-state index contributed by atoms with van der Waals surface area (Å²) in [6.45, 7) is 1.32. The van der Waals surface area contributed by atoms with Crippen LogP contribution in [0, 0.1) is 6.92 Å². The van der Waals surface area contributed by atoms with E-state index in [4.69, 9.17) is 0 Å². The van der Waals surface area contributed by atoms with Crippen LogP contribution in [0.3, 0.4) is 0 Å². The number of anilines is 2. The summed E-state index contributed by atoms with van der Waals surface area (Å²) in [6, 6.07) is 9.37. The molecule has 1 amide bonds. The third-order valence-electron chi connectivity index (χ3n) is 3.79. The molecule has 1 N–H and O–H groups in total. The number of halogens is 3. The maximum absolute atomic E-state index is 13.0. The van der Waals surface area contributed by atoms with Crippen LogP contribution in [-0.4, -0.2) is 27.6 Å². The Bertz CT molecular complexity index is 941. The van der Waals surface area contributed by atoms with E-state index in [9.17, 15) is 26.4 Å². The number of para-hydroxylation sites is 1. The lowest BCUT2D eigenvalue weighted by molar-refractivity contribution is -0.138. The Labute approximate surface area is 149 Å². The van der Waals surface area contributed by atoms with Crippen molar-refractivity contribution in [2.75, 3.05) is 22.9 Å². The molecular weight excluding hydrogens is 369 g/mol. The molecule has 0 radical (unpaired) electrons. The average Bonchev–Trinajstić information content (AvgIpc) is 2.54. The molecule has 0 aliphatic rings. The van der Waals surface area contributed by atoms with Gasteiger partial charge in [0.2, 0.25) is 10.0 Å². The average molecular weight is 386 g/mol. The largest absolute Gasteiger partial charge is 0.416 e. The van der Waals surface area contributed by atoms with Crippen LogP contribution in [-0.2, 0) is 16.2 Å². The van der Waals surface area contributed by atoms with E-state index in [1.165, 1.54) is 44.3 Å². The fourth-order valence-corrected chi connectivity index (χ4v) is 2.84. The Hall–Kier alpha value is -2.55. The van der Waals surface area contributed by atoms with Crippen LogP contribution in [0.4, 0.5) is 24.5 Å². The molecule has 0 saturated carbocycles. The Morgan fingerprint density at radius 2 is 1.73 bits per heavy atom. The number of hydrogen-bond donors (Lipinski definition) is 1. The minimum Gasteiger partial charge on any atom is -0.322 e. The van der Waals surface area contributed by atoms with E-state index in [0.29, 0.717) is 0 Å². The van der Waals surface area contributed by atoms with Crippen LogP contribution in [0.25, 0.3) is 0 Å². The lowest BCUT2D eigenvalue weighted by Gasteiger charge is -2.20. The number of carbonyl (C=O) groups is 1. The normalized spacial score (nSPS) is 11.9. The molecule has 2 aromatic carbocycles. The molecule has 140 valence electrons. The summed E-state index contributed by atoms with van der Waals surface area (Å²) in [7, 11) is -2.33. The van der Waals surface area contributed by atoms with Crippen LogP contribution in [0.5, 0.6) is 0 Å². The van der Waals surface area contributed by atoms with Crippen molar-refractivity contribution in [2.45, 2.75) is 13.1 Å². The second-order valence-corrected chi connectivity index (χ2v) is 7.74. The maximum Gasteiger partial charge on any atom is 0.416 e. The van der Waals surface area contributed by atoms with E-state index < -0.39 is 27.7 Å². The van der Waals surface area contributed by atoms with Crippen molar-refractivity contribution in [3.63, 3.8) is 0 Å². The number of nitrogens with one attached hydrogen (secondary N) is 1. The van der Waals surface area contributed by atoms with Crippen LogP contribution in [0.2, 0.25) is 0 Å². The first kappa shape index (κ1) is 19.8. The van der Waals surface area contributed by atoms with E-state index in [0.717, 1.165) is 16.6 Å². The monoisotopic (exact) mass is 386 g/mol. The first-order chi connectivity index (χ1) is 11.9. The number of alkyl halides is 3. The summed E-state index contributed by atoms with van der Waals surface area (Å²) in [4.78, 5) is 12.5. The van der Waals surface area contributed by atoms with Crippen molar-refractivity contribution in [2.24, 2.45) is 0 Å². The third-order valence-corrected chi connectivity index (χ3v) is 4.98. The van der Waals surface area contributed by atoms with Crippen molar-refractivity contribution in [3.8, 4) is 0 Å². The summed E-state index contributed by atoms with van der Waals surface area (Å²) in [5.74, 6) is -0.715. The fraction of sp³-hybridized carbons (Fsp3) is 0.235. The van der Waals surface area contributed by atoms with Crippen LogP contribution in [0.15, 0.2) is 42.5 Å². The molecular formula is C17H17F3N2O3S. The number of benzene rings is 2. The fourth-order valence-electron chi connectivity index (χ4n) is 2.32. The van der Waals surface area contributed by atoms with E-state index in [1.807, 2.05) is 0 Å². The summed E-state index contributed by atoms with van der Waals surface area (Å²) >= 11 is 0. The van der Waals surface area contributed by atoms with Gasteiger partial charge in [-0.2, -0.15) is 13.2 Å². The van der Waals surface area contributed by atoms with E-state index in [-0.39, 0.29) is 22.5 Å². The zero-order chi connectivity index (χ0) is 19.7. The zero-order valence-electron chi connectivity index (χ0n) is 14.3. The van der Waals surface area contributed by atoms with Crippen LogP contribution in [0.1, 0.15) is 21.5 Å². The lowest BCUT2D eigenvalue weighted by atomic mass is 10.1. The van der Waals surface area contributed by atoms with Gasteiger partial charge in [0, 0.05) is 12.7 Å². The molecule has 5 nitrogen and oxygen atoms in total. The van der Waals surface area contributed by atoms with E-state index in [2.05, 4.69) is 5.32 Å². The third kappa shape index (κ3) is 4.34. The summed E-state index contributed by atoms with van der Waals surface area (Å²) in [5, 5.41) is 2.38. The SMILES string of the molecule is Cc1ccc(NC(=O)c2ccccc2N(C)S(C)(=O)=O)cc1C(F)(F)F. The lowest BCUT2D eigenvalue weighted by Crippen LogP contribution is -2.27. The Morgan fingerprint density at radius 1 is 1.12 bits per heavy atom. The van der Waals surface area contributed by atoms with E-state index >= 15 is 0 Å². The molecule has 0 fully saturated rings. The van der Waals surface area contributed by atoms with Gasteiger partial charge >= 0.3 is 6.18 Å². The second kappa shape index (κ2) is 6.99. The summed E-state index contributed by atoms with van der Waals surface area (Å²) in [6.07, 6.45) is -3.56. The van der Waals surface area contributed by atoms with Crippen LogP contribution < -0.4 is 9.62 Å². The van der Waals surface area contributed by atoms with Gasteiger partial charge in [-0.3, -0.25) is 9.10 Å². The van der Waals surface area contributed by atoms with Gasteiger partial charge in [0.05, 0.1) is 23.1 Å². The molecule has 9 heteroatoms. The number of nitrogens with zero attached hydrogens (tertiary/aromatic N) is 1. The molecule has 0 aliphatic heterocycles. The first-order valence-electron chi connectivity index (χ1n) is 7.43.